The Morgan fingerprint density at radius 3 is 2.67 bits per heavy atom. The van der Waals surface area contributed by atoms with E-state index in [2.05, 4.69) is 52.2 Å². The first-order valence-electron chi connectivity index (χ1n) is 8.53. The summed E-state index contributed by atoms with van der Waals surface area (Å²) in [5.74, 6) is 0.564. The highest BCUT2D eigenvalue weighted by atomic mass is 35.5. The molecule has 0 aliphatic heterocycles. The third-order valence-electron chi connectivity index (χ3n) is 4.60. The van der Waals surface area contributed by atoms with Gasteiger partial charge in [-0.25, -0.2) is 19.2 Å². The summed E-state index contributed by atoms with van der Waals surface area (Å²) in [7, 11) is 0. The van der Waals surface area contributed by atoms with Crippen LogP contribution in [0.25, 0.3) is 33.8 Å². The average molecular weight is 375 g/mol. The second kappa shape index (κ2) is 5.89. The fraction of sp³-hybridized carbons (Fsp3) is 0.100. The van der Waals surface area contributed by atoms with Crippen LogP contribution in [0.4, 0.5) is 0 Å². The zero-order valence-electron chi connectivity index (χ0n) is 14.8. The first-order chi connectivity index (χ1) is 13.1. The van der Waals surface area contributed by atoms with E-state index in [1.54, 1.807) is 17.0 Å². The molecule has 0 unspecified atom stereocenters. The molecule has 6 nitrogen and oxygen atoms in total. The molecule has 3 aromatic heterocycles. The van der Waals surface area contributed by atoms with Crippen molar-refractivity contribution in [1.82, 2.24) is 29.4 Å². The average Bonchev–Trinajstić information content (AvgIpc) is 3.26. The van der Waals surface area contributed by atoms with Crippen LogP contribution in [0.5, 0.6) is 0 Å². The van der Waals surface area contributed by atoms with Crippen molar-refractivity contribution < 1.29 is 0 Å². The van der Waals surface area contributed by atoms with Crippen molar-refractivity contribution in [2.24, 2.45) is 0 Å². The van der Waals surface area contributed by atoms with Gasteiger partial charge in [0.1, 0.15) is 6.33 Å². The molecule has 27 heavy (non-hydrogen) atoms. The van der Waals surface area contributed by atoms with Crippen LogP contribution in [0, 0.1) is 13.8 Å². The summed E-state index contributed by atoms with van der Waals surface area (Å²) in [5, 5.41) is 10.5. The van der Waals surface area contributed by atoms with E-state index in [4.69, 9.17) is 11.6 Å². The molecule has 0 fully saturated rings. The van der Waals surface area contributed by atoms with Crippen LogP contribution in [0.15, 0.2) is 55.0 Å². The summed E-state index contributed by atoms with van der Waals surface area (Å²) in [6.45, 7) is 4.15. The number of hydrogen-bond acceptors (Lipinski definition) is 4. The number of hydrogen-bond donors (Lipinski definition) is 0. The van der Waals surface area contributed by atoms with E-state index in [-0.39, 0.29) is 0 Å². The lowest BCUT2D eigenvalue weighted by atomic mass is 10.1. The standard InChI is InChI=1S/C20H15ClN6/c1-12-7-8-17(13(2)9-12)27-19-15(10-23-27)20-24-18(25-26(20)11-22-19)14-5-3-4-6-16(14)21/h3-11H,1-2H3. The molecular weight excluding hydrogens is 360 g/mol. The Kier molecular flexibility index (Phi) is 3.48. The van der Waals surface area contributed by atoms with Gasteiger partial charge >= 0.3 is 0 Å². The molecule has 0 N–H and O–H groups in total. The van der Waals surface area contributed by atoms with Crippen molar-refractivity contribution in [3.63, 3.8) is 0 Å². The molecule has 0 aliphatic carbocycles. The van der Waals surface area contributed by atoms with E-state index in [1.807, 2.05) is 28.9 Å². The van der Waals surface area contributed by atoms with E-state index in [9.17, 15) is 0 Å². The molecule has 0 spiro atoms. The Balaban J connectivity index is 1.73. The lowest BCUT2D eigenvalue weighted by Crippen LogP contribution is -2.01. The fourth-order valence-corrected chi connectivity index (χ4v) is 3.52. The molecule has 0 bridgehead atoms. The predicted octanol–water partition coefficient (Wildman–Crippen LogP) is 4.40. The molecular formula is C20H15ClN6. The number of aromatic nitrogens is 6. The van der Waals surface area contributed by atoms with Gasteiger partial charge in [0.25, 0.3) is 0 Å². The lowest BCUT2D eigenvalue weighted by molar-refractivity contribution is 0.876. The smallest absolute Gasteiger partial charge is 0.183 e. The van der Waals surface area contributed by atoms with E-state index >= 15 is 0 Å². The van der Waals surface area contributed by atoms with Gasteiger partial charge in [-0.15, -0.1) is 5.10 Å². The van der Waals surface area contributed by atoms with Gasteiger partial charge in [-0.2, -0.15) is 5.10 Å². The summed E-state index contributed by atoms with van der Waals surface area (Å²) in [4.78, 5) is 9.26. The largest absolute Gasteiger partial charge is 0.216 e. The summed E-state index contributed by atoms with van der Waals surface area (Å²) >= 11 is 6.30. The normalized spacial score (nSPS) is 11.5. The van der Waals surface area contributed by atoms with Crippen molar-refractivity contribution in [2.45, 2.75) is 13.8 Å². The van der Waals surface area contributed by atoms with Crippen LogP contribution in [0.1, 0.15) is 11.1 Å². The maximum atomic E-state index is 6.30. The molecule has 2 aromatic carbocycles. The minimum Gasteiger partial charge on any atom is -0.216 e. The van der Waals surface area contributed by atoms with Crippen LogP contribution in [0.3, 0.4) is 0 Å². The highest BCUT2D eigenvalue weighted by Crippen LogP contribution is 2.27. The van der Waals surface area contributed by atoms with Crippen LogP contribution in [-0.2, 0) is 0 Å². The topological polar surface area (TPSA) is 60.9 Å². The summed E-state index contributed by atoms with van der Waals surface area (Å²) in [5.41, 5.74) is 5.58. The van der Waals surface area contributed by atoms with Gasteiger partial charge in [0, 0.05) is 5.56 Å². The highest BCUT2D eigenvalue weighted by molar-refractivity contribution is 6.33. The predicted molar refractivity (Wildman–Crippen MR) is 105 cm³/mol. The Labute approximate surface area is 160 Å². The monoisotopic (exact) mass is 374 g/mol. The van der Waals surface area contributed by atoms with E-state index in [0.717, 1.165) is 27.8 Å². The Hall–Kier alpha value is -3.25. The number of nitrogens with zero attached hydrogens (tertiary/aromatic N) is 6. The van der Waals surface area contributed by atoms with Crippen molar-refractivity contribution in [3.8, 4) is 17.1 Å². The molecule has 3 heterocycles. The molecule has 0 atom stereocenters. The highest BCUT2D eigenvalue weighted by Gasteiger charge is 2.16. The third-order valence-corrected chi connectivity index (χ3v) is 4.93. The summed E-state index contributed by atoms with van der Waals surface area (Å²) in [6, 6.07) is 13.8. The van der Waals surface area contributed by atoms with Crippen LogP contribution >= 0.6 is 11.6 Å². The lowest BCUT2D eigenvalue weighted by Gasteiger charge is -2.07. The first-order valence-corrected chi connectivity index (χ1v) is 8.91. The SMILES string of the molecule is Cc1ccc(-n2ncc3c2ncn2nc(-c4ccccc4Cl)nc32)c(C)c1. The molecule has 5 rings (SSSR count). The maximum absolute atomic E-state index is 6.30. The van der Waals surface area contributed by atoms with Crippen molar-refractivity contribution in [2.75, 3.05) is 0 Å². The van der Waals surface area contributed by atoms with Crippen molar-refractivity contribution in [1.29, 1.82) is 0 Å². The molecule has 0 amide bonds. The zero-order valence-corrected chi connectivity index (χ0v) is 15.5. The molecule has 0 saturated carbocycles. The van der Waals surface area contributed by atoms with Gasteiger partial charge in [-0.3, -0.25) is 0 Å². The van der Waals surface area contributed by atoms with Crippen molar-refractivity contribution >= 4 is 28.3 Å². The number of halogens is 1. The number of rotatable bonds is 2. The number of fused-ring (bicyclic) bond motifs is 3. The third kappa shape index (κ3) is 2.49. The van der Waals surface area contributed by atoms with Crippen LogP contribution < -0.4 is 0 Å². The fourth-order valence-electron chi connectivity index (χ4n) is 3.30. The Morgan fingerprint density at radius 1 is 1.00 bits per heavy atom. The number of benzene rings is 2. The van der Waals surface area contributed by atoms with Gasteiger partial charge in [-0.05, 0) is 37.6 Å². The molecule has 0 aliphatic rings. The molecule has 5 aromatic rings. The first kappa shape index (κ1) is 16.0. The molecule has 0 radical (unpaired) electrons. The van der Waals surface area contributed by atoms with Crippen molar-refractivity contribution in [3.05, 3.63) is 71.1 Å². The van der Waals surface area contributed by atoms with Crippen LogP contribution in [0.2, 0.25) is 5.02 Å². The molecule has 132 valence electrons. The van der Waals surface area contributed by atoms with Crippen LogP contribution in [-0.4, -0.2) is 29.4 Å². The Bertz CT molecular complexity index is 1320. The summed E-state index contributed by atoms with van der Waals surface area (Å²) < 4.78 is 3.50. The number of aryl methyl sites for hydroxylation is 2. The molecule has 0 saturated heterocycles. The minimum absolute atomic E-state index is 0.564. The van der Waals surface area contributed by atoms with Gasteiger partial charge in [0.05, 0.1) is 22.3 Å². The van der Waals surface area contributed by atoms with Gasteiger partial charge in [0.15, 0.2) is 17.1 Å². The maximum Gasteiger partial charge on any atom is 0.183 e. The van der Waals surface area contributed by atoms with Gasteiger partial charge < -0.3 is 0 Å². The second-order valence-electron chi connectivity index (χ2n) is 6.51. The van der Waals surface area contributed by atoms with Gasteiger partial charge in [-0.1, -0.05) is 41.4 Å². The summed E-state index contributed by atoms with van der Waals surface area (Å²) in [6.07, 6.45) is 3.44. The van der Waals surface area contributed by atoms with E-state index in [0.29, 0.717) is 16.5 Å². The van der Waals surface area contributed by atoms with E-state index < -0.39 is 0 Å². The van der Waals surface area contributed by atoms with Gasteiger partial charge in [0.2, 0.25) is 0 Å². The molecule has 7 heteroatoms. The van der Waals surface area contributed by atoms with E-state index in [1.165, 1.54) is 5.56 Å². The zero-order chi connectivity index (χ0) is 18.5. The quantitative estimate of drug-likeness (QED) is 0.459. The second-order valence-corrected chi connectivity index (χ2v) is 6.92. The minimum atomic E-state index is 0.564. The Morgan fingerprint density at radius 2 is 1.85 bits per heavy atom.